The van der Waals surface area contributed by atoms with Crippen LogP contribution in [-0.2, 0) is 5.41 Å². The number of rotatable bonds is 7. The molecule has 1 aromatic carbocycles. The van der Waals surface area contributed by atoms with Crippen molar-refractivity contribution in [2.75, 3.05) is 25.0 Å². The van der Waals surface area contributed by atoms with Crippen LogP contribution >= 0.6 is 23.2 Å². The van der Waals surface area contributed by atoms with Crippen LogP contribution in [0.3, 0.4) is 0 Å². The van der Waals surface area contributed by atoms with Crippen molar-refractivity contribution in [2.45, 2.75) is 69.0 Å². The summed E-state index contributed by atoms with van der Waals surface area (Å²) in [6, 6.07) is 13.9. The number of carbonyl (C=O) groups excluding carboxylic acids is 1. The third kappa shape index (κ3) is 5.44. The van der Waals surface area contributed by atoms with Crippen molar-refractivity contribution in [3.8, 4) is 6.07 Å². The standard InChI is InChI=1S/C28H33Cl2N5O2/c1-18-5-6-24(17-36)34(18)9-10-35(27(37)32-22-13-25(29)33-26(30)14-22)23-7-8-28(15-21(28)12-23)20-4-2-3-19(11-20)16-31/h2-4,11,13-14,18,21,23-24,36H,5-10,12,15,17H2,1H3,(H,32,33,37)/t18?,21?,23?,24-,28+/m0/s1. The Hall–Kier alpha value is -2.37. The summed E-state index contributed by atoms with van der Waals surface area (Å²) in [5, 5.41) is 22.7. The van der Waals surface area contributed by atoms with Gasteiger partial charge in [-0.2, -0.15) is 5.26 Å². The van der Waals surface area contributed by atoms with E-state index in [4.69, 9.17) is 23.2 Å². The summed E-state index contributed by atoms with van der Waals surface area (Å²) in [7, 11) is 0. The van der Waals surface area contributed by atoms with E-state index in [2.05, 4.69) is 34.3 Å². The lowest BCUT2D eigenvalue weighted by molar-refractivity contribution is 0.106. The maximum Gasteiger partial charge on any atom is 0.322 e. The van der Waals surface area contributed by atoms with Crippen LogP contribution < -0.4 is 5.32 Å². The van der Waals surface area contributed by atoms with Crippen LogP contribution in [0, 0.1) is 17.2 Å². The third-order valence-electron chi connectivity index (χ3n) is 8.76. The van der Waals surface area contributed by atoms with Crippen molar-refractivity contribution in [1.29, 1.82) is 5.26 Å². The van der Waals surface area contributed by atoms with Gasteiger partial charge in [-0.15, -0.1) is 0 Å². The molecule has 5 atom stereocenters. The van der Waals surface area contributed by atoms with E-state index in [1.165, 1.54) is 5.56 Å². The topological polar surface area (TPSA) is 92.5 Å². The van der Waals surface area contributed by atoms with Gasteiger partial charge in [-0.05, 0) is 86.6 Å². The van der Waals surface area contributed by atoms with Gasteiger partial charge >= 0.3 is 6.03 Å². The van der Waals surface area contributed by atoms with Crippen molar-refractivity contribution in [2.24, 2.45) is 5.92 Å². The molecule has 2 N–H and O–H groups in total. The quantitative estimate of drug-likeness (QED) is 0.454. The van der Waals surface area contributed by atoms with Gasteiger partial charge in [0.15, 0.2) is 0 Å². The van der Waals surface area contributed by atoms with E-state index in [0.29, 0.717) is 36.3 Å². The zero-order valence-electron chi connectivity index (χ0n) is 21.0. The molecule has 196 valence electrons. The average Bonchev–Trinajstić information content (AvgIpc) is 3.52. The van der Waals surface area contributed by atoms with E-state index in [1.807, 2.05) is 23.1 Å². The van der Waals surface area contributed by atoms with Gasteiger partial charge in [-0.1, -0.05) is 35.3 Å². The molecule has 0 bridgehead atoms. The number of hydrogen-bond donors (Lipinski definition) is 2. The molecule has 0 radical (unpaired) electrons. The molecule has 37 heavy (non-hydrogen) atoms. The molecule has 1 saturated heterocycles. The van der Waals surface area contributed by atoms with Gasteiger partial charge in [0, 0.05) is 36.9 Å². The fourth-order valence-corrected chi connectivity index (χ4v) is 7.14. The summed E-state index contributed by atoms with van der Waals surface area (Å²) in [5.74, 6) is 0.496. The molecular weight excluding hydrogens is 509 g/mol. The van der Waals surface area contributed by atoms with Gasteiger partial charge in [0.05, 0.1) is 18.2 Å². The number of carbonyl (C=O) groups is 1. The Kier molecular flexibility index (Phi) is 7.65. The highest BCUT2D eigenvalue weighted by molar-refractivity contribution is 6.33. The number of fused-ring (bicyclic) bond motifs is 1. The minimum absolute atomic E-state index is 0.109. The van der Waals surface area contributed by atoms with Crippen LogP contribution in [0.5, 0.6) is 0 Å². The van der Waals surface area contributed by atoms with Gasteiger partial charge in [0.25, 0.3) is 0 Å². The van der Waals surface area contributed by atoms with Crippen molar-refractivity contribution < 1.29 is 9.90 Å². The van der Waals surface area contributed by atoms with Crippen LogP contribution in [0.4, 0.5) is 10.5 Å². The monoisotopic (exact) mass is 541 g/mol. The van der Waals surface area contributed by atoms with Crippen molar-refractivity contribution >= 4 is 34.9 Å². The Morgan fingerprint density at radius 3 is 2.76 bits per heavy atom. The van der Waals surface area contributed by atoms with Gasteiger partial charge < -0.3 is 15.3 Å². The molecule has 2 aromatic rings. The number of nitriles is 1. The number of likely N-dealkylation sites (tertiary alicyclic amines) is 1. The fraction of sp³-hybridized carbons (Fsp3) is 0.536. The van der Waals surface area contributed by atoms with Gasteiger partial charge in [-0.3, -0.25) is 4.90 Å². The van der Waals surface area contributed by atoms with Gasteiger partial charge in [0.1, 0.15) is 10.3 Å². The Balaban J connectivity index is 1.32. The summed E-state index contributed by atoms with van der Waals surface area (Å²) in [6.45, 7) is 3.62. The van der Waals surface area contributed by atoms with Gasteiger partial charge in [-0.25, -0.2) is 9.78 Å². The van der Waals surface area contributed by atoms with Crippen LogP contribution in [0.1, 0.15) is 56.6 Å². The predicted octanol–water partition coefficient (Wildman–Crippen LogP) is 5.45. The van der Waals surface area contributed by atoms with Crippen LogP contribution in [0.25, 0.3) is 0 Å². The van der Waals surface area contributed by atoms with Crippen molar-refractivity contribution in [1.82, 2.24) is 14.8 Å². The number of benzene rings is 1. The Morgan fingerprint density at radius 2 is 2.05 bits per heavy atom. The van der Waals surface area contributed by atoms with E-state index in [1.54, 1.807) is 12.1 Å². The van der Waals surface area contributed by atoms with Crippen LogP contribution in [-0.4, -0.2) is 63.7 Å². The predicted molar refractivity (Wildman–Crippen MR) is 145 cm³/mol. The molecule has 3 fully saturated rings. The smallest absolute Gasteiger partial charge is 0.322 e. The number of nitrogens with one attached hydrogen (secondary N) is 1. The Morgan fingerprint density at radius 1 is 1.27 bits per heavy atom. The average molecular weight is 543 g/mol. The number of aliphatic hydroxyl groups excluding tert-OH is 1. The lowest BCUT2D eigenvalue weighted by Gasteiger charge is -2.38. The summed E-state index contributed by atoms with van der Waals surface area (Å²) in [6.07, 6.45) is 5.96. The summed E-state index contributed by atoms with van der Waals surface area (Å²) in [5.41, 5.74) is 2.60. The van der Waals surface area contributed by atoms with E-state index in [-0.39, 0.29) is 40.4 Å². The second-order valence-corrected chi connectivity index (χ2v) is 11.6. The number of urea groups is 1. The summed E-state index contributed by atoms with van der Waals surface area (Å²) in [4.78, 5) is 21.9. The molecule has 2 heterocycles. The summed E-state index contributed by atoms with van der Waals surface area (Å²) >= 11 is 12.1. The lowest BCUT2D eigenvalue weighted by Crippen LogP contribution is -2.50. The SMILES string of the molecule is CC1CC[C@@H](CO)N1CCN(C(=O)Nc1cc(Cl)nc(Cl)c1)C1CC[C@]2(c3cccc(C#N)c3)CC2C1. The molecule has 2 aliphatic carbocycles. The maximum absolute atomic E-state index is 13.6. The Bertz CT molecular complexity index is 1180. The highest BCUT2D eigenvalue weighted by Gasteiger charge is 2.58. The molecule has 2 saturated carbocycles. The zero-order valence-corrected chi connectivity index (χ0v) is 22.5. The number of anilines is 1. The van der Waals surface area contributed by atoms with E-state index in [0.717, 1.165) is 38.5 Å². The van der Waals surface area contributed by atoms with Crippen molar-refractivity contribution in [3.63, 3.8) is 0 Å². The third-order valence-corrected chi connectivity index (χ3v) is 9.14. The highest BCUT2D eigenvalue weighted by Crippen LogP contribution is 2.62. The molecule has 9 heteroatoms. The molecule has 3 aliphatic rings. The maximum atomic E-state index is 13.6. The molecule has 3 unspecified atom stereocenters. The molecule has 5 rings (SSSR count). The largest absolute Gasteiger partial charge is 0.395 e. The highest BCUT2D eigenvalue weighted by atomic mass is 35.5. The van der Waals surface area contributed by atoms with E-state index in [9.17, 15) is 15.2 Å². The normalized spacial score (nSPS) is 28.8. The molecular formula is C28H33Cl2N5O2. The first kappa shape index (κ1) is 26.2. The number of aromatic nitrogens is 1. The first-order valence-corrected chi connectivity index (χ1v) is 13.9. The summed E-state index contributed by atoms with van der Waals surface area (Å²) < 4.78 is 0. The van der Waals surface area contributed by atoms with Crippen LogP contribution in [0.15, 0.2) is 36.4 Å². The van der Waals surface area contributed by atoms with Gasteiger partial charge in [0.2, 0.25) is 0 Å². The minimum Gasteiger partial charge on any atom is -0.395 e. The lowest BCUT2D eigenvalue weighted by atomic mass is 9.80. The fourth-order valence-electron chi connectivity index (χ4n) is 6.68. The second-order valence-electron chi connectivity index (χ2n) is 10.8. The number of halogens is 2. The second kappa shape index (κ2) is 10.8. The van der Waals surface area contributed by atoms with Crippen molar-refractivity contribution in [3.05, 3.63) is 57.8 Å². The molecule has 1 aliphatic heterocycles. The Labute approximate surface area is 228 Å². The first-order valence-electron chi connectivity index (χ1n) is 13.1. The number of nitrogens with zero attached hydrogens (tertiary/aromatic N) is 4. The minimum atomic E-state index is -0.171. The first-order chi connectivity index (χ1) is 17.8. The number of aliphatic hydroxyl groups is 1. The number of pyridine rings is 1. The zero-order chi connectivity index (χ0) is 26.2. The number of hydrogen-bond acceptors (Lipinski definition) is 5. The van der Waals surface area contributed by atoms with E-state index >= 15 is 0 Å². The van der Waals surface area contributed by atoms with E-state index < -0.39 is 0 Å². The molecule has 7 nitrogen and oxygen atoms in total. The molecule has 1 aromatic heterocycles. The number of amides is 2. The van der Waals surface area contributed by atoms with Crippen LogP contribution in [0.2, 0.25) is 10.3 Å². The molecule has 0 spiro atoms. The molecule has 2 amide bonds.